The Morgan fingerprint density at radius 2 is 2.14 bits per heavy atom. The molecule has 1 N–H and O–H groups in total. The van der Waals surface area contributed by atoms with Crippen LogP contribution in [0.25, 0.3) is 0 Å². The van der Waals surface area contributed by atoms with Gasteiger partial charge < -0.3 is 14.8 Å². The maximum atomic E-state index is 6.35. The fourth-order valence-electron chi connectivity index (χ4n) is 3.67. The normalized spacial score (nSPS) is 31.4. The molecular formula is C18H33NO2. The van der Waals surface area contributed by atoms with Gasteiger partial charge in [-0.1, -0.05) is 13.8 Å². The van der Waals surface area contributed by atoms with Crippen LogP contribution in [0.3, 0.4) is 0 Å². The van der Waals surface area contributed by atoms with Gasteiger partial charge in [-0.05, 0) is 70.4 Å². The molecule has 1 atom stereocenters. The highest BCUT2D eigenvalue weighted by Gasteiger charge is 2.44. The van der Waals surface area contributed by atoms with Gasteiger partial charge in [-0.2, -0.15) is 0 Å². The molecule has 0 amide bonds. The van der Waals surface area contributed by atoms with Crippen LogP contribution in [-0.4, -0.2) is 31.4 Å². The maximum Gasteiger partial charge on any atom is 0.112 e. The summed E-state index contributed by atoms with van der Waals surface area (Å²) in [6.07, 6.45) is 10.5. The first-order valence-electron chi connectivity index (χ1n) is 8.92. The molecule has 21 heavy (non-hydrogen) atoms. The van der Waals surface area contributed by atoms with E-state index in [9.17, 15) is 0 Å². The van der Waals surface area contributed by atoms with Crippen LogP contribution in [-0.2, 0) is 9.47 Å². The molecule has 1 aliphatic carbocycles. The van der Waals surface area contributed by atoms with Gasteiger partial charge in [-0.15, -0.1) is 0 Å². The van der Waals surface area contributed by atoms with E-state index in [0.29, 0.717) is 0 Å². The van der Waals surface area contributed by atoms with Crippen molar-refractivity contribution in [2.75, 3.05) is 19.8 Å². The van der Waals surface area contributed by atoms with Crippen LogP contribution in [0.2, 0.25) is 0 Å². The topological polar surface area (TPSA) is 30.5 Å². The third-order valence-corrected chi connectivity index (χ3v) is 4.92. The van der Waals surface area contributed by atoms with Crippen LogP contribution in [0, 0.1) is 5.92 Å². The Hall–Kier alpha value is -0.540. The first kappa shape index (κ1) is 16.8. The van der Waals surface area contributed by atoms with Crippen molar-refractivity contribution >= 4 is 0 Å². The van der Waals surface area contributed by atoms with Crippen molar-refractivity contribution in [2.45, 2.75) is 77.4 Å². The molecule has 0 aromatic carbocycles. The lowest BCUT2D eigenvalue weighted by Crippen LogP contribution is -2.56. The van der Waals surface area contributed by atoms with Crippen molar-refractivity contribution in [2.24, 2.45) is 5.92 Å². The molecule has 0 aromatic heterocycles. The van der Waals surface area contributed by atoms with Crippen molar-refractivity contribution in [1.29, 1.82) is 0 Å². The van der Waals surface area contributed by atoms with Gasteiger partial charge in [0.15, 0.2) is 0 Å². The molecule has 0 aromatic rings. The average molecular weight is 295 g/mol. The summed E-state index contributed by atoms with van der Waals surface area (Å²) in [6.45, 7) is 9.36. The number of nitrogens with one attached hydrogen (secondary N) is 1. The Bertz CT molecular complexity index is 332. The lowest BCUT2D eigenvalue weighted by atomic mass is 9.74. The second-order valence-electron chi connectivity index (χ2n) is 6.66. The van der Waals surface area contributed by atoms with E-state index < -0.39 is 0 Å². The summed E-state index contributed by atoms with van der Waals surface area (Å²) in [7, 11) is 0. The molecule has 122 valence electrons. The van der Waals surface area contributed by atoms with Crippen LogP contribution in [0.5, 0.6) is 0 Å². The Morgan fingerprint density at radius 1 is 1.38 bits per heavy atom. The van der Waals surface area contributed by atoms with E-state index in [1.165, 1.54) is 12.8 Å². The van der Waals surface area contributed by atoms with E-state index in [-0.39, 0.29) is 11.6 Å². The molecule has 0 radical (unpaired) electrons. The smallest absolute Gasteiger partial charge is 0.112 e. The monoisotopic (exact) mass is 295 g/mol. The fourth-order valence-corrected chi connectivity index (χ4v) is 3.67. The lowest BCUT2D eigenvalue weighted by Gasteiger charge is -2.46. The Morgan fingerprint density at radius 3 is 2.71 bits per heavy atom. The van der Waals surface area contributed by atoms with E-state index >= 15 is 0 Å². The van der Waals surface area contributed by atoms with Crippen LogP contribution >= 0.6 is 0 Å². The predicted octanol–water partition coefficient (Wildman–Crippen LogP) is 4.03. The van der Waals surface area contributed by atoms with Gasteiger partial charge in [0.05, 0.1) is 18.2 Å². The molecule has 1 unspecified atom stereocenters. The first-order valence-corrected chi connectivity index (χ1v) is 8.92. The van der Waals surface area contributed by atoms with E-state index in [1.54, 1.807) is 0 Å². The zero-order chi connectivity index (χ0) is 15.1. The fraction of sp³-hybridized carbons (Fsp3) is 0.889. The standard InChI is InChI=1S/C18H33NO2/c1-4-13-19-17(16-8-6-7-14-20-16)18(21-5-2)11-9-15(3)10-12-18/h8,15,17,19H,4-7,9-14H2,1-3H3. The zero-order valence-electron chi connectivity index (χ0n) is 14.1. The Labute approximate surface area is 130 Å². The van der Waals surface area contributed by atoms with E-state index in [4.69, 9.17) is 9.47 Å². The molecule has 2 aliphatic rings. The van der Waals surface area contributed by atoms with Crippen molar-refractivity contribution in [3.63, 3.8) is 0 Å². The molecule has 0 spiro atoms. The van der Waals surface area contributed by atoms with Crippen molar-refractivity contribution in [3.8, 4) is 0 Å². The largest absolute Gasteiger partial charge is 0.496 e. The molecule has 0 bridgehead atoms. The molecule has 1 saturated carbocycles. The summed E-state index contributed by atoms with van der Waals surface area (Å²) < 4.78 is 12.4. The summed E-state index contributed by atoms with van der Waals surface area (Å²) in [5, 5.41) is 3.73. The summed E-state index contributed by atoms with van der Waals surface area (Å²) in [5.41, 5.74) is -0.0698. The minimum Gasteiger partial charge on any atom is -0.496 e. The van der Waals surface area contributed by atoms with Gasteiger partial charge >= 0.3 is 0 Å². The van der Waals surface area contributed by atoms with Crippen molar-refractivity contribution in [3.05, 3.63) is 11.8 Å². The number of hydrogen-bond acceptors (Lipinski definition) is 3. The van der Waals surface area contributed by atoms with Crippen LogP contribution in [0.15, 0.2) is 11.8 Å². The molecule has 1 heterocycles. The van der Waals surface area contributed by atoms with Crippen molar-refractivity contribution in [1.82, 2.24) is 5.32 Å². The van der Waals surface area contributed by atoms with Crippen LogP contribution < -0.4 is 5.32 Å². The van der Waals surface area contributed by atoms with Crippen LogP contribution in [0.4, 0.5) is 0 Å². The average Bonchev–Trinajstić information content (AvgIpc) is 2.52. The number of rotatable bonds is 7. The van der Waals surface area contributed by atoms with E-state index in [0.717, 1.165) is 63.5 Å². The summed E-state index contributed by atoms with van der Waals surface area (Å²) in [5.74, 6) is 1.96. The van der Waals surface area contributed by atoms with Gasteiger partial charge in [0, 0.05) is 6.61 Å². The first-order chi connectivity index (χ1) is 10.2. The molecule has 2 rings (SSSR count). The molecular weight excluding hydrogens is 262 g/mol. The highest BCUT2D eigenvalue weighted by atomic mass is 16.5. The third kappa shape index (κ3) is 4.23. The molecule has 0 saturated heterocycles. The SMILES string of the molecule is CCCNC(C1=CCCCO1)C1(OCC)CCC(C)CC1. The number of ether oxygens (including phenoxy) is 2. The highest BCUT2D eigenvalue weighted by molar-refractivity contribution is 5.15. The molecule has 3 nitrogen and oxygen atoms in total. The number of allylic oxidation sites excluding steroid dienone is 1. The second-order valence-corrected chi connectivity index (χ2v) is 6.66. The van der Waals surface area contributed by atoms with E-state index in [2.05, 4.69) is 32.2 Å². The van der Waals surface area contributed by atoms with Gasteiger partial charge in [0.2, 0.25) is 0 Å². The maximum absolute atomic E-state index is 6.35. The van der Waals surface area contributed by atoms with Gasteiger partial charge in [-0.25, -0.2) is 0 Å². The minimum atomic E-state index is -0.0698. The lowest BCUT2D eigenvalue weighted by molar-refractivity contribution is -0.0984. The molecule has 1 aliphatic heterocycles. The van der Waals surface area contributed by atoms with E-state index in [1.807, 2.05) is 0 Å². The Balaban J connectivity index is 2.19. The summed E-state index contributed by atoms with van der Waals surface area (Å²) in [6, 6.07) is 0.227. The van der Waals surface area contributed by atoms with Crippen molar-refractivity contribution < 1.29 is 9.47 Å². The van der Waals surface area contributed by atoms with Gasteiger partial charge in [-0.3, -0.25) is 0 Å². The van der Waals surface area contributed by atoms with Gasteiger partial charge in [0.1, 0.15) is 5.76 Å². The number of hydrogen-bond donors (Lipinski definition) is 1. The molecule has 1 fully saturated rings. The Kier molecular flexibility index (Phi) is 6.56. The second kappa shape index (κ2) is 8.19. The quantitative estimate of drug-likeness (QED) is 0.769. The highest BCUT2D eigenvalue weighted by Crippen LogP contribution is 2.40. The predicted molar refractivity (Wildman–Crippen MR) is 87.3 cm³/mol. The molecule has 3 heteroatoms. The van der Waals surface area contributed by atoms with Gasteiger partial charge in [0.25, 0.3) is 0 Å². The zero-order valence-corrected chi connectivity index (χ0v) is 14.1. The summed E-state index contributed by atoms with van der Waals surface area (Å²) >= 11 is 0. The third-order valence-electron chi connectivity index (χ3n) is 4.92. The minimum absolute atomic E-state index is 0.0698. The summed E-state index contributed by atoms with van der Waals surface area (Å²) in [4.78, 5) is 0. The van der Waals surface area contributed by atoms with Crippen LogP contribution in [0.1, 0.15) is 65.7 Å².